The molecule has 2 aromatic carbocycles. The molecule has 5 nitrogen and oxygen atoms in total. The highest BCUT2D eigenvalue weighted by Crippen LogP contribution is 2.28. The molecular formula is C20H22N2O3. The number of urea groups is 1. The molecule has 1 aliphatic heterocycles. The van der Waals surface area contributed by atoms with Gasteiger partial charge in [0.05, 0.1) is 7.11 Å². The second-order valence-electron chi connectivity index (χ2n) is 6.27. The van der Waals surface area contributed by atoms with Gasteiger partial charge in [0, 0.05) is 30.3 Å². The molecular weight excluding hydrogens is 316 g/mol. The van der Waals surface area contributed by atoms with Crippen LogP contribution in [0.25, 0.3) is 0 Å². The number of likely N-dealkylation sites (tertiary alicyclic amines) is 1. The topological polar surface area (TPSA) is 58.6 Å². The maximum atomic E-state index is 12.5. The molecule has 1 N–H and O–H groups in total. The number of amides is 2. The molecule has 0 bridgehead atoms. The SMILES string of the molecule is COc1ccc(C2CCN(C(=O)Nc3cccc(C(C)=O)c3)C2)cc1. The minimum absolute atomic E-state index is 0.0168. The lowest BCUT2D eigenvalue weighted by molar-refractivity contribution is 0.101. The van der Waals surface area contributed by atoms with Crippen LogP contribution in [-0.2, 0) is 0 Å². The minimum Gasteiger partial charge on any atom is -0.497 e. The van der Waals surface area contributed by atoms with Gasteiger partial charge in [-0.15, -0.1) is 0 Å². The summed E-state index contributed by atoms with van der Waals surface area (Å²) in [5.74, 6) is 1.15. The number of nitrogens with zero attached hydrogens (tertiary/aromatic N) is 1. The smallest absolute Gasteiger partial charge is 0.321 e. The summed E-state index contributed by atoms with van der Waals surface area (Å²) in [4.78, 5) is 25.8. The molecule has 0 spiro atoms. The zero-order chi connectivity index (χ0) is 17.8. The number of ketones is 1. The lowest BCUT2D eigenvalue weighted by Crippen LogP contribution is -2.32. The second kappa shape index (κ2) is 7.38. The van der Waals surface area contributed by atoms with E-state index in [2.05, 4.69) is 17.4 Å². The monoisotopic (exact) mass is 338 g/mol. The highest BCUT2D eigenvalue weighted by Gasteiger charge is 2.27. The molecule has 0 aliphatic carbocycles. The molecule has 1 unspecified atom stereocenters. The van der Waals surface area contributed by atoms with Gasteiger partial charge in [0.15, 0.2) is 5.78 Å². The normalized spacial score (nSPS) is 16.6. The number of Topliss-reactive ketones (excluding diaryl/α,β-unsaturated/α-hetero) is 1. The van der Waals surface area contributed by atoms with Crippen LogP contribution in [0.2, 0.25) is 0 Å². The summed E-state index contributed by atoms with van der Waals surface area (Å²) < 4.78 is 5.19. The molecule has 0 radical (unpaired) electrons. The molecule has 1 heterocycles. The summed E-state index contributed by atoms with van der Waals surface area (Å²) in [7, 11) is 1.65. The van der Waals surface area contributed by atoms with Gasteiger partial charge in [-0.1, -0.05) is 24.3 Å². The number of hydrogen-bond acceptors (Lipinski definition) is 3. The van der Waals surface area contributed by atoms with E-state index in [4.69, 9.17) is 4.74 Å². The van der Waals surface area contributed by atoms with Gasteiger partial charge >= 0.3 is 6.03 Å². The maximum Gasteiger partial charge on any atom is 0.321 e. The van der Waals surface area contributed by atoms with Gasteiger partial charge in [-0.25, -0.2) is 4.79 Å². The summed E-state index contributed by atoms with van der Waals surface area (Å²) in [6, 6.07) is 14.9. The van der Waals surface area contributed by atoms with Crippen molar-refractivity contribution in [2.24, 2.45) is 0 Å². The fourth-order valence-corrected chi connectivity index (χ4v) is 3.11. The predicted octanol–water partition coefficient (Wildman–Crippen LogP) is 3.92. The molecule has 1 atom stereocenters. The van der Waals surface area contributed by atoms with Crippen LogP contribution in [0.5, 0.6) is 5.75 Å². The first-order chi connectivity index (χ1) is 12.1. The molecule has 25 heavy (non-hydrogen) atoms. The van der Waals surface area contributed by atoms with Crippen LogP contribution >= 0.6 is 0 Å². The van der Waals surface area contributed by atoms with Crippen molar-refractivity contribution in [2.75, 3.05) is 25.5 Å². The highest BCUT2D eigenvalue weighted by atomic mass is 16.5. The summed E-state index contributed by atoms with van der Waals surface area (Å²) >= 11 is 0. The van der Waals surface area contributed by atoms with Crippen LogP contribution in [0.4, 0.5) is 10.5 Å². The molecule has 130 valence electrons. The van der Waals surface area contributed by atoms with Crippen LogP contribution in [0.1, 0.15) is 35.2 Å². The van der Waals surface area contributed by atoms with Gasteiger partial charge < -0.3 is 15.0 Å². The number of benzene rings is 2. The average molecular weight is 338 g/mol. The van der Waals surface area contributed by atoms with Crippen LogP contribution in [0.15, 0.2) is 48.5 Å². The Balaban J connectivity index is 1.62. The first-order valence-corrected chi connectivity index (χ1v) is 8.37. The highest BCUT2D eigenvalue weighted by molar-refractivity contribution is 5.96. The number of anilines is 1. The van der Waals surface area contributed by atoms with E-state index >= 15 is 0 Å². The zero-order valence-corrected chi connectivity index (χ0v) is 14.5. The van der Waals surface area contributed by atoms with E-state index in [0.29, 0.717) is 23.7 Å². The Labute approximate surface area is 147 Å². The van der Waals surface area contributed by atoms with E-state index in [9.17, 15) is 9.59 Å². The quantitative estimate of drug-likeness (QED) is 0.860. The van der Waals surface area contributed by atoms with Gasteiger partial charge in [-0.2, -0.15) is 0 Å². The van der Waals surface area contributed by atoms with E-state index in [1.807, 2.05) is 17.0 Å². The number of hydrogen-bond donors (Lipinski definition) is 1. The molecule has 2 aromatic rings. The van der Waals surface area contributed by atoms with Crippen molar-refractivity contribution in [2.45, 2.75) is 19.3 Å². The van der Waals surface area contributed by atoms with Crippen molar-refractivity contribution in [1.82, 2.24) is 4.90 Å². The molecule has 0 saturated carbocycles. The van der Waals surface area contributed by atoms with E-state index in [-0.39, 0.29) is 11.8 Å². The fourth-order valence-electron chi connectivity index (χ4n) is 3.11. The van der Waals surface area contributed by atoms with Crippen molar-refractivity contribution in [3.63, 3.8) is 0 Å². The Morgan fingerprint density at radius 1 is 1.16 bits per heavy atom. The standard InChI is InChI=1S/C20H22N2O3/c1-14(23)16-4-3-5-18(12-16)21-20(24)22-11-10-17(13-22)15-6-8-19(25-2)9-7-15/h3-9,12,17H,10-11,13H2,1-2H3,(H,21,24). The maximum absolute atomic E-state index is 12.5. The lowest BCUT2D eigenvalue weighted by Gasteiger charge is -2.18. The van der Waals surface area contributed by atoms with Crippen LogP contribution in [0.3, 0.4) is 0 Å². The van der Waals surface area contributed by atoms with Crippen LogP contribution in [-0.4, -0.2) is 36.9 Å². The number of nitrogens with one attached hydrogen (secondary N) is 1. The molecule has 3 rings (SSSR count). The number of rotatable bonds is 4. The number of carbonyl (C=O) groups excluding carboxylic acids is 2. The third-order valence-corrected chi connectivity index (χ3v) is 4.58. The fraction of sp³-hybridized carbons (Fsp3) is 0.300. The number of carbonyl (C=O) groups is 2. The van der Waals surface area contributed by atoms with E-state index in [1.54, 1.807) is 31.4 Å². The van der Waals surface area contributed by atoms with Gasteiger partial charge in [0.2, 0.25) is 0 Å². The number of methoxy groups -OCH3 is 1. The van der Waals surface area contributed by atoms with Gasteiger partial charge in [0.25, 0.3) is 0 Å². The van der Waals surface area contributed by atoms with E-state index in [1.165, 1.54) is 12.5 Å². The van der Waals surface area contributed by atoms with Crippen molar-refractivity contribution in [1.29, 1.82) is 0 Å². The Hall–Kier alpha value is -2.82. The summed E-state index contributed by atoms with van der Waals surface area (Å²) in [6.45, 7) is 2.92. The third kappa shape index (κ3) is 3.99. The molecule has 1 saturated heterocycles. The minimum atomic E-state index is -0.128. The van der Waals surface area contributed by atoms with Crippen LogP contribution in [0, 0.1) is 0 Å². The van der Waals surface area contributed by atoms with Crippen molar-refractivity contribution in [3.8, 4) is 5.75 Å². The van der Waals surface area contributed by atoms with Gasteiger partial charge in [-0.3, -0.25) is 4.79 Å². The third-order valence-electron chi connectivity index (χ3n) is 4.58. The molecule has 1 aliphatic rings. The zero-order valence-electron chi connectivity index (χ0n) is 14.5. The lowest BCUT2D eigenvalue weighted by atomic mass is 9.98. The second-order valence-corrected chi connectivity index (χ2v) is 6.27. The largest absolute Gasteiger partial charge is 0.497 e. The average Bonchev–Trinajstić information content (AvgIpc) is 3.12. The Kier molecular flexibility index (Phi) is 5.03. The van der Waals surface area contributed by atoms with Gasteiger partial charge in [0.1, 0.15) is 5.75 Å². The van der Waals surface area contributed by atoms with E-state index < -0.39 is 0 Å². The number of ether oxygens (including phenoxy) is 1. The first-order valence-electron chi connectivity index (χ1n) is 8.37. The Morgan fingerprint density at radius 2 is 1.92 bits per heavy atom. The van der Waals surface area contributed by atoms with Crippen molar-refractivity contribution in [3.05, 3.63) is 59.7 Å². The summed E-state index contributed by atoms with van der Waals surface area (Å²) in [5.41, 5.74) is 2.45. The molecule has 1 fully saturated rings. The first kappa shape index (κ1) is 17.0. The van der Waals surface area contributed by atoms with Crippen molar-refractivity contribution >= 4 is 17.5 Å². The Morgan fingerprint density at radius 3 is 2.60 bits per heavy atom. The summed E-state index contributed by atoms with van der Waals surface area (Å²) in [5, 5.41) is 2.88. The molecule has 2 amide bonds. The summed E-state index contributed by atoms with van der Waals surface area (Å²) in [6.07, 6.45) is 0.938. The van der Waals surface area contributed by atoms with Crippen LogP contribution < -0.4 is 10.1 Å². The van der Waals surface area contributed by atoms with Crippen molar-refractivity contribution < 1.29 is 14.3 Å². The van der Waals surface area contributed by atoms with Gasteiger partial charge in [-0.05, 0) is 43.2 Å². The predicted molar refractivity (Wildman–Crippen MR) is 97.4 cm³/mol. The van der Waals surface area contributed by atoms with E-state index in [0.717, 1.165) is 18.7 Å². The molecule has 0 aromatic heterocycles. The Bertz CT molecular complexity index is 771. The molecule has 5 heteroatoms.